The molecule has 1 saturated heterocycles. The number of anilines is 1. The highest BCUT2D eigenvalue weighted by atomic mass is 19.1. The molecule has 1 aliphatic heterocycles. The maximum absolute atomic E-state index is 13.0. The molecule has 1 aromatic carbocycles. The molecule has 1 fully saturated rings. The number of esters is 1. The molecule has 1 aromatic heterocycles. The van der Waals surface area contributed by atoms with Crippen molar-refractivity contribution >= 4 is 11.8 Å². The predicted octanol–water partition coefficient (Wildman–Crippen LogP) is 2.67. The molecule has 1 aliphatic rings. The van der Waals surface area contributed by atoms with Crippen LogP contribution in [-0.4, -0.2) is 36.4 Å². The van der Waals surface area contributed by atoms with Crippen LogP contribution in [0.1, 0.15) is 12.8 Å². The van der Waals surface area contributed by atoms with E-state index in [0.717, 1.165) is 30.8 Å². The van der Waals surface area contributed by atoms with Gasteiger partial charge in [-0.25, -0.2) is 4.39 Å². The molecule has 0 bridgehead atoms. The number of piperidine rings is 1. The molecule has 5 nitrogen and oxygen atoms in total. The van der Waals surface area contributed by atoms with Crippen molar-refractivity contribution in [2.24, 2.45) is 5.92 Å². The maximum Gasteiger partial charge on any atom is 0.310 e. The van der Waals surface area contributed by atoms with E-state index >= 15 is 0 Å². The molecule has 0 radical (unpaired) electrons. The zero-order chi connectivity index (χ0) is 16.2. The van der Waals surface area contributed by atoms with Gasteiger partial charge in [-0.05, 0) is 49.2 Å². The van der Waals surface area contributed by atoms with E-state index in [1.54, 1.807) is 12.1 Å². The van der Waals surface area contributed by atoms with Gasteiger partial charge < -0.3 is 9.64 Å². The summed E-state index contributed by atoms with van der Waals surface area (Å²) in [5.41, 5.74) is 1.51. The summed E-state index contributed by atoms with van der Waals surface area (Å²) >= 11 is 0. The standard InChI is InChI=1S/C17H18FN3O2/c1-23-17(22)13-3-2-10-21(11-13)16-9-8-15(19-20-16)12-4-6-14(18)7-5-12/h4-9,13H,2-3,10-11H2,1H3/t13-/m0/s1. The lowest BCUT2D eigenvalue weighted by atomic mass is 9.98. The van der Waals surface area contributed by atoms with E-state index in [1.807, 2.05) is 17.0 Å². The summed E-state index contributed by atoms with van der Waals surface area (Å²) < 4.78 is 17.8. The minimum Gasteiger partial charge on any atom is -0.469 e. The highest BCUT2D eigenvalue weighted by molar-refractivity contribution is 5.73. The van der Waals surface area contributed by atoms with Crippen molar-refractivity contribution in [3.8, 4) is 11.3 Å². The van der Waals surface area contributed by atoms with Crippen molar-refractivity contribution in [1.29, 1.82) is 0 Å². The number of carbonyl (C=O) groups excluding carboxylic acids is 1. The van der Waals surface area contributed by atoms with E-state index in [4.69, 9.17) is 4.74 Å². The third kappa shape index (κ3) is 3.47. The Balaban J connectivity index is 1.74. The second-order valence-electron chi connectivity index (χ2n) is 5.59. The first-order chi connectivity index (χ1) is 11.2. The molecule has 1 atom stereocenters. The fourth-order valence-electron chi connectivity index (χ4n) is 2.81. The van der Waals surface area contributed by atoms with Crippen LogP contribution in [0.3, 0.4) is 0 Å². The number of hydrogen-bond acceptors (Lipinski definition) is 5. The number of benzene rings is 1. The molecule has 0 spiro atoms. The van der Waals surface area contributed by atoms with Gasteiger partial charge in [-0.3, -0.25) is 4.79 Å². The van der Waals surface area contributed by atoms with E-state index in [9.17, 15) is 9.18 Å². The minimum atomic E-state index is -0.277. The lowest BCUT2D eigenvalue weighted by Gasteiger charge is -2.31. The largest absolute Gasteiger partial charge is 0.469 e. The Bertz CT molecular complexity index is 673. The normalized spacial score (nSPS) is 17.8. The molecule has 23 heavy (non-hydrogen) atoms. The van der Waals surface area contributed by atoms with Crippen LogP contribution in [-0.2, 0) is 9.53 Å². The summed E-state index contributed by atoms with van der Waals surface area (Å²) in [4.78, 5) is 13.7. The third-order valence-corrected chi connectivity index (χ3v) is 4.07. The lowest BCUT2D eigenvalue weighted by Crippen LogP contribution is -2.39. The van der Waals surface area contributed by atoms with Crippen LogP contribution in [0.2, 0.25) is 0 Å². The molecular weight excluding hydrogens is 297 g/mol. The first kappa shape index (κ1) is 15.4. The quantitative estimate of drug-likeness (QED) is 0.815. The van der Waals surface area contributed by atoms with Crippen molar-refractivity contribution in [1.82, 2.24) is 10.2 Å². The van der Waals surface area contributed by atoms with E-state index in [2.05, 4.69) is 10.2 Å². The molecule has 0 unspecified atom stereocenters. The smallest absolute Gasteiger partial charge is 0.310 e. The Morgan fingerprint density at radius 3 is 2.65 bits per heavy atom. The summed E-state index contributed by atoms with van der Waals surface area (Å²) in [5, 5.41) is 8.46. The van der Waals surface area contributed by atoms with Gasteiger partial charge in [-0.15, -0.1) is 10.2 Å². The van der Waals surface area contributed by atoms with Gasteiger partial charge in [0.25, 0.3) is 0 Å². The number of nitrogens with zero attached hydrogens (tertiary/aromatic N) is 3. The summed E-state index contributed by atoms with van der Waals surface area (Å²) in [5.74, 6) is 0.169. The molecular formula is C17H18FN3O2. The molecule has 120 valence electrons. The zero-order valence-corrected chi connectivity index (χ0v) is 12.9. The van der Waals surface area contributed by atoms with Crippen molar-refractivity contribution < 1.29 is 13.9 Å². The van der Waals surface area contributed by atoms with Crippen molar-refractivity contribution in [2.75, 3.05) is 25.1 Å². The highest BCUT2D eigenvalue weighted by Gasteiger charge is 2.27. The lowest BCUT2D eigenvalue weighted by molar-refractivity contribution is -0.145. The second kappa shape index (κ2) is 6.73. The Hall–Kier alpha value is -2.50. The molecule has 0 amide bonds. The Labute approximate surface area is 134 Å². The van der Waals surface area contributed by atoms with Gasteiger partial charge in [0.15, 0.2) is 5.82 Å². The van der Waals surface area contributed by atoms with Gasteiger partial charge in [-0.1, -0.05) is 0 Å². The van der Waals surface area contributed by atoms with E-state index in [0.29, 0.717) is 12.2 Å². The fourth-order valence-corrected chi connectivity index (χ4v) is 2.81. The second-order valence-corrected chi connectivity index (χ2v) is 5.59. The first-order valence-corrected chi connectivity index (χ1v) is 7.60. The van der Waals surface area contributed by atoms with Crippen LogP contribution >= 0.6 is 0 Å². The summed E-state index contributed by atoms with van der Waals surface area (Å²) in [6, 6.07) is 9.89. The average molecular weight is 315 g/mol. The fraction of sp³-hybridized carbons (Fsp3) is 0.353. The van der Waals surface area contributed by atoms with Crippen LogP contribution in [0, 0.1) is 11.7 Å². The third-order valence-electron chi connectivity index (χ3n) is 4.07. The molecule has 6 heteroatoms. The molecule has 3 rings (SSSR count). The van der Waals surface area contributed by atoms with Crippen LogP contribution in [0.25, 0.3) is 11.3 Å². The molecule has 0 N–H and O–H groups in total. The molecule has 2 heterocycles. The van der Waals surface area contributed by atoms with Gasteiger partial charge >= 0.3 is 5.97 Å². The minimum absolute atomic E-state index is 0.118. The Morgan fingerprint density at radius 2 is 2.00 bits per heavy atom. The first-order valence-electron chi connectivity index (χ1n) is 7.60. The molecule has 0 saturated carbocycles. The summed E-state index contributed by atoms with van der Waals surface area (Å²) in [6.07, 6.45) is 1.76. The number of carbonyl (C=O) groups is 1. The van der Waals surface area contributed by atoms with Gasteiger partial charge in [0, 0.05) is 18.7 Å². The zero-order valence-electron chi connectivity index (χ0n) is 12.9. The number of aromatic nitrogens is 2. The van der Waals surface area contributed by atoms with Crippen LogP contribution < -0.4 is 4.90 Å². The summed E-state index contributed by atoms with van der Waals surface area (Å²) in [7, 11) is 1.42. The van der Waals surface area contributed by atoms with E-state index < -0.39 is 0 Å². The maximum atomic E-state index is 13.0. The van der Waals surface area contributed by atoms with Crippen LogP contribution in [0.4, 0.5) is 10.2 Å². The number of rotatable bonds is 3. The van der Waals surface area contributed by atoms with Gasteiger partial charge in [0.2, 0.25) is 0 Å². The summed E-state index contributed by atoms with van der Waals surface area (Å²) in [6.45, 7) is 1.44. The highest BCUT2D eigenvalue weighted by Crippen LogP contribution is 2.24. The van der Waals surface area contributed by atoms with E-state index in [1.165, 1.54) is 19.2 Å². The topological polar surface area (TPSA) is 55.3 Å². The van der Waals surface area contributed by atoms with Crippen molar-refractivity contribution in [3.63, 3.8) is 0 Å². The van der Waals surface area contributed by atoms with Crippen LogP contribution in [0.15, 0.2) is 36.4 Å². The number of ether oxygens (including phenoxy) is 1. The average Bonchev–Trinajstić information content (AvgIpc) is 2.62. The van der Waals surface area contributed by atoms with E-state index in [-0.39, 0.29) is 17.7 Å². The molecule has 0 aliphatic carbocycles. The van der Waals surface area contributed by atoms with Gasteiger partial charge in [-0.2, -0.15) is 0 Å². The SMILES string of the molecule is COC(=O)[C@H]1CCCN(c2ccc(-c3ccc(F)cc3)nn2)C1. The number of hydrogen-bond donors (Lipinski definition) is 0. The monoisotopic (exact) mass is 315 g/mol. The number of halogens is 1. The van der Waals surface area contributed by atoms with Crippen LogP contribution in [0.5, 0.6) is 0 Å². The Morgan fingerprint density at radius 1 is 1.22 bits per heavy atom. The number of methoxy groups -OCH3 is 1. The van der Waals surface area contributed by atoms with Gasteiger partial charge in [0.1, 0.15) is 5.82 Å². The van der Waals surface area contributed by atoms with Crippen molar-refractivity contribution in [2.45, 2.75) is 12.8 Å². The van der Waals surface area contributed by atoms with Gasteiger partial charge in [0.05, 0.1) is 18.7 Å². The van der Waals surface area contributed by atoms with Crippen molar-refractivity contribution in [3.05, 3.63) is 42.2 Å². The predicted molar refractivity (Wildman–Crippen MR) is 84.4 cm³/mol. The Kier molecular flexibility index (Phi) is 4.50. The molecule has 2 aromatic rings.